The summed E-state index contributed by atoms with van der Waals surface area (Å²) < 4.78 is 1.02. The maximum atomic E-state index is 11.4. The minimum Gasteiger partial charge on any atom is -0.392 e. The van der Waals surface area contributed by atoms with Crippen molar-refractivity contribution in [1.82, 2.24) is 4.90 Å². The first kappa shape index (κ1) is 13.5. The minimum absolute atomic E-state index is 0.0627. The Kier molecular flexibility index (Phi) is 4.04. The van der Waals surface area contributed by atoms with Crippen LogP contribution in [0.25, 0.3) is 0 Å². The van der Waals surface area contributed by atoms with Crippen LogP contribution in [0, 0.1) is 0 Å². The number of rotatable bonds is 3. The van der Waals surface area contributed by atoms with Crippen LogP contribution in [0.5, 0.6) is 0 Å². The number of carbonyl (C=O) groups is 1. The van der Waals surface area contributed by atoms with Crippen LogP contribution in [-0.2, 0) is 4.79 Å². The fourth-order valence-corrected chi connectivity index (χ4v) is 2.74. The Morgan fingerprint density at radius 3 is 2.67 bits per heavy atom. The van der Waals surface area contributed by atoms with Crippen molar-refractivity contribution in [1.29, 1.82) is 0 Å². The van der Waals surface area contributed by atoms with Gasteiger partial charge in [0.2, 0.25) is 5.91 Å². The van der Waals surface area contributed by atoms with Crippen LogP contribution in [0.2, 0.25) is 0 Å². The molecule has 3 atom stereocenters. The number of nitrogens with zero attached hydrogens (tertiary/aromatic N) is 1. The molecule has 18 heavy (non-hydrogen) atoms. The smallest absolute Gasteiger partial charge is 0.234 e. The van der Waals surface area contributed by atoms with Gasteiger partial charge in [-0.25, -0.2) is 0 Å². The van der Waals surface area contributed by atoms with E-state index in [0.717, 1.165) is 10.0 Å². The van der Waals surface area contributed by atoms with Gasteiger partial charge in [0.15, 0.2) is 0 Å². The molecular weight excluding hydrogens is 296 g/mol. The Morgan fingerprint density at radius 1 is 1.50 bits per heavy atom. The van der Waals surface area contributed by atoms with Crippen molar-refractivity contribution in [2.75, 3.05) is 6.54 Å². The van der Waals surface area contributed by atoms with Crippen molar-refractivity contribution < 1.29 is 9.90 Å². The molecule has 0 radical (unpaired) electrons. The fraction of sp³-hybridized carbons (Fsp3) is 0.462. The topological polar surface area (TPSA) is 66.6 Å². The SMILES string of the molecule is C[C@@H](c1ccc(Br)cc1)N1CC(O)CC1C(N)=O. The second-order valence-corrected chi connectivity index (χ2v) is 5.65. The second kappa shape index (κ2) is 5.38. The highest BCUT2D eigenvalue weighted by Crippen LogP contribution is 2.29. The molecule has 0 saturated carbocycles. The molecule has 1 aromatic carbocycles. The van der Waals surface area contributed by atoms with E-state index in [0.29, 0.717) is 13.0 Å². The summed E-state index contributed by atoms with van der Waals surface area (Å²) in [5.41, 5.74) is 6.50. The number of aliphatic hydroxyl groups is 1. The monoisotopic (exact) mass is 312 g/mol. The van der Waals surface area contributed by atoms with E-state index in [4.69, 9.17) is 5.73 Å². The molecular formula is C13H17BrN2O2. The first-order valence-corrected chi connectivity index (χ1v) is 6.77. The standard InChI is InChI=1S/C13H17BrN2O2/c1-8(9-2-4-10(14)5-3-9)16-7-11(17)6-12(16)13(15)18/h2-5,8,11-12,17H,6-7H2,1H3,(H2,15,18)/t8-,11?,12?/m0/s1. The fourth-order valence-electron chi connectivity index (χ4n) is 2.48. The third kappa shape index (κ3) is 2.74. The normalized spacial score (nSPS) is 26.2. The molecule has 1 fully saturated rings. The predicted octanol–water partition coefficient (Wildman–Crippen LogP) is 1.43. The summed E-state index contributed by atoms with van der Waals surface area (Å²) in [6.07, 6.45) is -0.0451. The van der Waals surface area contributed by atoms with Gasteiger partial charge < -0.3 is 10.8 Å². The Labute approximate surface area is 115 Å². The number of halogens is 1. The zero-order valence-electron chi connectivity index (χ0n) is 10.2. The molecule has 0 bridgehead atoms. The number of hydrogen-bond donors (Lipinski definition) is 2. The summed E-state index contributed by atoms with van der Waals surface area (Å²) in [5, 5.41) is 9.70. The van der Waals surface area contributed by atoms with Crippen molar-refractivity contribution in [3.8, 4) is 0 Å². The van der Waals surface area contributed by atoms with Crippen molar-refractivity contribution in [3.05, 3.63) is 34.3 Å². The van der Waals surface area contributed by atoms with Gasteiger partial charge in [0.1, 0.15) is 0 Å². The predicted molar refractivity (Wildman–Crippen MR) is 72.9 cm³/mol. The summed E-state index contributed by atoms with van der Waals surface area (Å²) in [6.45, 7) is 2.52. The third-order valence-corrected chi connectivity index (χ3v) is 4.02. The third-order valence-electron chi connectivity index (χ3n) is 3.50. The van der Waals surface area contributed by atoms with E-state index in [-0.39, 0.29) is 18.0 Å². The quantitative estimate of drug-likeness (QED) is 0.887. The minimum atomic E-state index is -0.472. The van der Waals surface area contributed by atoms with Crippen molar-refractivity contribution in [2.45, 2.75) is 31.5 Å². The Morgan fingerprint density at radius 2 is 2.11 bits per heavy atom. The molecule has 5 heteroatoms. The zero-order chi connectivity index (χ0) is 13.3. The average Bonchev–Trinajstić information content (AvgIpc) is 2.71. The van der Waals surface area contributed by atoms with Gasteiger partial charge in [-0.15, -0.1) is 0 Å². The number of primary amides is 1. The van der Waals surface area contributed by atoms with E-state index in [1.54, 1.807) is 0 Å². The molecule has 1 amide bonds. The highest BCUT2D eigenvalue weighted by atomic mass is 79.9. The second-order valence-electron chi connectivity index (χ2n) is 4.73. The van der Waals surface area contributed by atoms with Crippen LogP contribution in [0.1, 0.15) is 24.9 Å². The van der Waals surface area contributed by atoms with Crippen molar-refractivity contribution >= 4 is 21.8 Å². The van der Waals surface area contributed by atoms with Crippen molar-refractivity contribution in [2.24, 2.45) is 5.73 Å². The first-order chi connectivity index (χ1) is 8.49. The Balaban J connectivity index is 2.19. The lowest BCUT2D eigenvalue weighted by Gasteiger charge is -2.29. The molecule has 0 aromatic heterocycles. The number of amides is 1. The van der Waals surface area contributed by atoms with E-state index in [9.17, 15) is 9.90 Å². The van der Waals surface area contributed by atoms with Crippen molar-refractivity contribution in [3.63, 3.8) is 0 Å². The summed E-state index contributed by atoms with van der Waals surface area (Å²) in [6, 6.07) is 7.65. The maximum absolute atomic E-state index is 11.4. The Hall–Kier alpha value is -0.910. The van der Waals surface area contributed by atoms with Gasteiger partial charge in [-0.3, -0.25) is 9.69 Å². The maximum Gasteiger partial charge on any atom is 0.234 e. The molecule has 1 heterocycles. The van der Waals surface area contributed by atoms with Crippen LogP contribution in [0.15, 0.2) is 28.7 Å². The summed E-state index contributed by atoms with van der Waals surface area (Å²) in [4.78, 5) is 13.4. The van der Waals surface area contributed by atoms with E-state index in [1.165, 1.54) is 0 Å². The molecule has 98 valence electrons. The number of aliphatic hydroxyl groups excluding tert-OH is 1. The van der Waals surface area contributed by atoms with Crippen LogP contribution in [0.4, 0.5) is 0 Å². The molecule has 3 N–H and O–H groups in total. The average molecular weight is 313 g/mol. The highest BCUT2D eigenvalue weighted by molar-refractivity contribution is 9.10. The van der Waals surface area contributed by atoms with Gasteiger partial charge in [0, 0.05) is 17.1 Å². The Bertz CT molecular complexity index is 435. The van der Waals surface area contributed by atoms with Crippen LogP contribution in [-0.4, -0.2) is 34.6 Å². The summed E-state index contributed by atoms with van der Waals surface area (Å²) >= 11 is 3.40. The molecule has 1 aliphatic rings. The van der Waals surface area contributed by atoms with Gasteiger partial charge in [0.25, 0.3) is 0 Å². The van der Waals surface area contributed by atoms with Crippen LogP contribution < -0.4 is 5.73 Å². The molecule has 1 aromatic rings. The number of carbonyl (C=O) groups excluding carboxylic acids is 1. The highest BCUT2D eigenvalue weighted by Gasteiger charge is 2.37. The van der Waals surface area contributed by atoms with E-state index < -0.39 is 6.10 Å². The molecule has 0 spiro atoms. The largest absolute Gasteiger partial charge is 0.392 e. The van der Waals surface area contributed by atoms with Crippen LogP contribution in [0.3, 0.4) is 0 Å². The van der Waals surface area contributed by atoms with Gasteiger partial charge in [-0.05, 0) is 31.0 Å². The van der Waals surface area contributed by atoms with Gasteiger partial charge in [-0.2, -0.15) is 0 Å². The molecule has 0 aliphatic carbocycles. The van der Waals surface area contributed by atoms with Gasteiger partial charge in [0.05, 0.1) is 12.1 Å². The van der Waals surface area contributed by atoms with Gasteiger partial charge >= 0.3 is 0 Å². The molecule has 2 unspecified atom stereocenters. The van der Waals surface area contributed by atoms with Gasteiger partial charge in [-0.1, -0.05) is 28.1 Å². The molecule has 2 rings (SSSR count). The zero-order valence-corrected chi connectivity index (χ0v) is 11.8. The molecule has 1 aliphatic heterocycles. The lowest BCUT2D eigenvalue weighted by molar-refractivity contribution is -0.122. The molecule has 1 saturated heterocycles. The number of nitrogens with two attached hydrogens (primary N) is 1. The summed E-state index contributed by atoms with van der Waals surface area (Å²) in [7, 11) is 0. The lowest BCUT2D eigenvalue weighted by atomic mass is 10.1. The number of hydrogen-bond acceptors (Lipinski definition) is 3. The lowest BCUT2D eigenvalue weighted by Crippen LogP contribution is -2.41. The molecule has 4 nitrogen and oxygen atoms in total. The van der Waals surface area contributed by atoms with E-state index in [1.807, 2.05) is 36.1 Å². The first-order valence-electron chi connectivity index (χ1n) is 5.97. The number of β-amino-alcohol motifs (C(OH)–C–C–N with tert-alkyl or cyclic N) is 1. The number of likely N-dealkylation sites (tertiary alicyclic amines) is 1. The van der Waals surface area contributed by atoms with Crippen LogP contribution >= 0.6 is 15.9 Å². The summed E-state index contributed by atoms with van der Waals surface area (Å²) in [5.74, 6) is -0.365. The van der Waals surface area contributed by atoms with E-state index in [2.05, 4.69) is 15.9 Å². The van der Waals surface area contributed by atoms with E-state index >= 15 is 0 Å². The number of benzene rings is 1.